The maximum absolute atomic E-state index is 12.7. The van der Waals surface area contributed by atoms with Gasteiger partial charge in [0.2, 0.25) is 5.91 Å². The molecule has 1 aromatic carbocycles. The van der Waals surface area contributed by atoms with E-state index in [1.165, 1.54) is 25.4 Å². The van der Waals surface area contributed by atoms with E-state index in [1.54, 1.807) is 23.1 Å². The third-order valence-electron chi connectivity index (χ3n) is 4.46. The molecule has 0 saturated carbocycles. The van der Waals surface area contributed by atoms with Gasteiger partial charge in [-0.15, -0.1) is 11.3 Å². The summed E-state index contributed by atoms with van der Waals surface area (Å²) in [6.07, 6.45) is 7.26. The molecule has 0 saturated heterocycles. The quantitative estimate of drug-likeness (QED) is 0.495. The van der Waals surface area contributed by atoms with E-state index in [1.807, 2.05) is 44.1 Å². The Labute approximate surface area is 181 Å². The molecule has 30 heavy (non-hydrogen) atoms. The zero-order chi connectivity index (χ0) is 22.4. The standard InChI is InChI=1S/C23H28N2O4S/c1-7-9-16(10-8-2)13-25(15(3)26)22-20(23(28)29-6)17-11-12-19(27)18(14-24(4)5)21(17)30-22/h7-12,27H,1,13-14H2,2-6H3/b10-8-,16-9+. The summed E-state index contributed by atoms with van der Waals surface area (Å²) in [6, 6.07) is 3.27. The molecule has 0 spiro atoms. The SMILES string of the molecule is C=C/C=C(\C=C/C)CN(C(C)=O)c1sc2c(CN(C)C)c(O)ccc2c1C(=O)OC. The molecule has 2 rings (SSSR count). The number of benzene rings is 1. The lowest BCUT2D eigenvalue weighted by molar-refractivity contribution is -0.116. The van der Waals surface area contributed by atoms with Crippen molar-refractivity contribution in [2.75, 3.05) is 32.6 Å². The first-order chi connectivity index (χ1) is 14.2. The number of allylic oxidation sites excluding steroid dienone is 3. The Hall–Kier alpha value is -2.90. The molecule has 1 heterocycles. The van der Waals surface area contributed by atoms with Gasteiger partial charge in [-0.1, -0.05) is 30.9 Å². The number of hydrogen-bond acceptors (Lipinski definition) is 6. The summed E-state index contributed by atoms with van der Waals surface area (Å²) < 4.78 is 5.79. The maximum atomic E-state index is 12.7. The molecule has 6 nitrogen and oxygen atoms in total. The van der Waals surface area contributed by atoms with E-state index in [4.69, 9.17) is 4.74 Å². The van der Waals surface area contributed by atoms with E-state index < -0.39 is 5.97 Å². The third kappa shape index (κ3) is 4.98. The highest BCUT2D eigenvalue weighted by Gasteiger charge is 2.28. The molecule has 2 aromatic rings. The van der Waals surface area contributed by atoms with Crippen molar-refractivity contribution in [2.24, 2.45) is 0 Å². The summed E-state index contributed by atoms with van der Waals surface area (Å²) in [5, 5.41) is 11.6. The van der Waals surface area contributed by atoms with Crippen molar-refractivity contribution in [2.45, 2.75) is 20.4 Å². The van der Waals surface area contributed by atoms with Gasteiger partial charge in [0.1, 0.15) is 16.3 Å². The first kappa shape index (κ1) is 23.4. The molecule has 0 aliphatic heterocycles. The van der Waals surface area contributed by atoms with Gasteiger partial charge < -0.3 is 14.7 Å². The zero-order valence-corrected chi connectivity index (χ0v) is 18.9. The van der Waals surface area contributed by atoms with Crippen LogP contribution in [0, 0.1) is 0 Å². The van der Waals surface area contributed by atoms with Crippen LogP contribution in [0.4, 0.5) is 5.00 Å². The number of aromatic hydroxyl groups is 1. The molecule has 160 valence electrons. The molecule has 1 amide bonds. The van der Waals surface area contributed by atoms with Crippen molar-refractivity contribution in [1.29, 1.82) is 0 Å². The Kier molecular flexibility index (Phi) is 7.97. The van der Waals surface area contributed by atoms with Gasteiger partial charge in [0.25, 0.3) is 0 Å². The van der Waals surface area contributed by atoms with Crippen molar-refractivity contribution < 1.29 is 19.4 Å². The predicted octanol–water partition coefficient (Wildman–Crippen LogP) is 4.50. The van der Waals surface area contributed by atoms with E-state index in [2.05, 4.69) is 6.58 Å². The van der Waals surface area contributed by atoms with Crippen molar-refractivity contribution >= 4 is 38.3 Å². The zero-order valence-electron chi connectivity index (χ0n) is 18.1. The van der Waals surface area contributed by atoms with Crippen molar-refractivity contribution in [1.82, 2.24) is 4.90 Å². The van der Waals surface area contributed by atoms with Crippen LogP contribution < -0.4 is 4.90 Å². The molecule has 0 fully saturated rings. The fourth-order valence-electron chi connectivity index (χ4n) is 3.19. The molecule has 1 aromatic heterocycles. The number of methoxy groups -OCH3 is 1. The third-order valence-corrected chi connectivity index (χ3v) is 5.75. The van der Waals surface area contributed by atoms with Crippen molar-refractivity contribution in [3.05, 3.63) is 59.7 Å². The highest BCUT2D eigenvalue weighted by molar-refractivity contribution is 7.23. The number of carbonyl (C=O) groups is 2. The fourth-order valence-corrected chi connectivity index (χ4v) is 4.55. The van der Waals surface area contributed by atoms with Gasteiger partial charge in [0.05, 0.1) is 13.7 Å². The van der Waals surface area contributed by atoms with Crippen LogP contribution in [-0.2, 0) is 16.1 Å². The maximum Gasteiger partial charge on any atom is 0.341 e. The number of amides is 1. The van der Waals surface area contributed by atoms with Crippen LogP contribution in [0.5, 0.6) is 5.75 Å². The summed E-state index contributed by atoms with van der Waals surface area (Å²) in [5.41, 5.74) is 1.90. The summed E-state index contributed by atoms with van der Waals surface area (Å²) in [4.78, 5) is 28.8. The van der Waals surface area contributed by atoms with Gasteiger partial charge in [0.15, 0.2) is 0 Å². The number of rotatable bonds is 8. The average molecular weight is 429 g/mol. The number of nitrogens with zero attached hydrogens (tertiary/aromatic N) is 2. The number of ether oxygens (including phenoxy) is 1. The van der Waals surface area contributed by atoms with Crippen LogP contribution in [0.15, 0.2) is 48.6 Å². The normalized spacial score (nSPS) is 12.0. The number of carbonyl (C=O) groups excluding carboxylic acids is 2. The minimum Gasteiger partial charge on any atom is -0.508 e. The molecular formula is C23H28N2O4S. The first-order valence-electron chi connectivity index (χ1n) is 9.47. The molecule has 0 radical (unpaired) electrons. The lowest BCUT2D eigenvalue weighted by Crippen LogP contribution is -2.31. The minimum atomic E-state index is -0.524. The second-order valence-electron chi connectivity index (χ2n) is 7.03. The largest absolute Gasteiger partial charge is 0.508 e. The number of phenols is 1. The molecule has 7 heteroatoms. The van der Waals surface area contributed by atoms with Crippen molar-refractivity contribution in [3.63, 3.8) is 0 Å². The summed E-state index contributed by atoms with van der Waals surface area (Å²) in [6.45, 7) is 7.85. The molecule has 1 N–H and O–H groups in total. The topological polar surface area (TPSA) is 70.1 Å². The predicted molar refractivity (Wildman–Crippen MR) is 123 cm³/mol. The molecular weight excluding hydrogens is 400 g/mol. The number of thiophene rings is 1. The van der Waals surface area contributed by atoms with E-state index >= 15 is 0 Å². The van der Waals surface area contributed by atoms with E-state index in [-0.39, 0.29) is 18.2 Å². The average Bonchev–Trinajstić information content (AvgIpc) is 3.06. The Morgan fingerprint density at radius 2 is 2.00 bits per heavy atom. The van der Waals surface area contributed by atoms with Gasteiger partial charge in [-0.3, -0.25) is 9.69 Å². The van der Waals surface area contributed by atoms with Gasteiger partial charge in [-0.05, 0) is 38.7 Å². The second kappa shape index (κ2) is 10.2. The van der Waals surface area contributed by atoms with Crippen molar-refractivity contribution in [3.8, 4) is 5.75 Å². The highest BCUT2D eigenvalue weighted by Crippen LogP contribution is 2.43. The second-order valence-corrected chi connectivity index (χ2v) is 8.03. The lowest BCUT2D eigenvalue weighted by Gasteiger charge is -2.21. The number of esters is 1. The van der Waals surface area contributed by atoms with E-state index in [0.717, 1.165) is 10.3 Å². The number of anilines is 1. The monoisotopic (exact) mass is 428 g/mol. The van der Waals surface area contributed by atoms with Gasteiger partial charge in [0, 0.05) is 29.1 Å². The molecule has 0 aliphatic rings. The molecule has 0 bridgehead atoms. The Morgan fingerprint density at radius 1 is 1.30 bits per heavy atom. The van der Waals surface area contributed by atoms with Crippen LogP contribution in [0.25, 0.3) is 10.1 Å². The van der Waals surface area contributed by atoms with Crippen LogP contribution in [0.1, 0.15) is 29.8 Å². The van der Waals surface area contributed by atoms with Crippen LogP contribution in [-0.4, -0.2) is 49.6 Å². The fraction of sp³-hybridized carbons (Fsp3) is 0.304. The number of phenolic OH excluding ortho intramolecular Hbond substituents is 1. The van der Waals surface area contributed by atoms with Crippen LogP contribution in [0.2, 0.25) is 0 Å². The molecule has 0 aliphatic carbocycles. The van der Waals surface area contributed by atoms with E-state index in [9.17, 15) is 14.7 Å². The minimum absolute atomic E-state index is 0.149. The smallest absolute Gasteiger partial charge is 0.341 e. The van der Waals surface area contributed by atoms with Gasteiger partial charge in [-0.2, -0.15) is 0 Å². The van der Waals surface area contributed by atoms with E-state index in [0.29, 0.717) is 28.1 Å². The summed E-state index contributed by atoms with van der Waals surface area (Å²) >= 11 is 1.31. The summed E-state index contributed by atoms with van der Waals surface area (Å²) in [5.74, 6) is -0.579. The number of hydrogen-bond donors (Lipinski definition) is 1. The lowest BCUT2D eigenvalue weighted by atomic mass is 10.1. The highest BCUT2D eigenvalue weighted by atomic mass is 32.1. The summed E-state index contributed by atoms with van der Waals surface area (Å²) in [7, 11) is 5.12. The molecule has 0 unspecified atom stereocenters. The van der Waals surface area contributed by atoms with Gasteiger partial charge >= 0.3 is 5.97 Å². The van der Waals surface area contributed by atoms with Gasteiger partial charge in [-0.25, -0.2) is 4.79 Å². The van der Waals surface area contributed by atoms with Crippen LogP contribution in [0.3, 0.4) is 0 Å². The van der Waals surface area contributed by atoms with Crippen LogP contribution >= 0.6 is 11.3 Å². The molecule has 0 atom stereocenters. The Bertz CT molecular complexity index is 1020. The number of fused-ring (bicyclic) bond motifs is 1. The Balaban J connectivity index is 2.79. The Morgan fingerprint density at radius 3 is 2.53 bits per heavy atom. The first-order valence-corrected chi connectivity index (χ1v) is 10.3.